The van der Waals surface area contributed by atoms with Crippen LogP contribution in [0, 0.1) is 5.82 Å². The van der Waals surface area contributed by atoms with Crippen molar-refractivity contribution in [3.63, 3.8) is 0 Å². The molecule has 3 nitrogen and oxygen atoms in total. The van der Waals surface area contributed by atoms with Gasteiger partial charge in [0, 0.05) is 22.9 Å². The topological polar surface area (TPSA) is 45.8 Å². The normalized spacial score (nSPS) is 10.2. The Kier molecular flexibility index (Phi) is 2.82. The molecule has 1 heterocycles. The third-order valence-electron chi connectivity index (χ3n) is 1.78. The summed E-state index contributed by atoms with van der Waals surface area (Å²) in [4.78, 5) is 18.3. The molecule has 1 aromatic carbocycles. The molecule has 0 bridgehead atoms. The molecule has 0 unspecified atom stereocenters. The fraction of sp³-hybridized carbons (Fsp3) is 0. The fourth-order valence-electron chi connectivity index (χ4n) is 1.12. The van der Waals surface area contributed by atoms with Gasteiger partial charge < -0.3 is 4.98 Å². The Morgan fingerprint density at radius 2 is 2.33 bits per heavy atom. The van der Waals surface area contributed by atoms with Crippen molar-refractivity contribution in [1.82, 2.24) is 9.97 Å². The number of carbonyl (C=O) groups excluding carboxylic acids is 1. The molecule has 15 heavy (non-hydrogen) atoms. The van der Waals surface area contributed by atoms with Gasteiger partial charge in [-0.15, -0.1) is 0 Å². The number of halogens is 1. The molecule has 0 aliphatic heterocycles. The Morgan fingerprint density at radius 1 is 1.47 bits per heavy atom. The number of rotatable bonds is 3. The number of benzene rings is 1. The van der Waals surface area contributed by atoms with Crippen LogP contribution in [0.4, 0.5) is 4.39 Å². The smallest absolute Gasteiger partial charge is 0.170 e. The van der Waals surface area contributed by atoms with Crippen LogP contribution in [0.25, 0.3) is 0 Å². The van der Waals surface area contributed by atoms with Crippen molar-refractivity contribution >= 4 is 18.0 Å². The molecular weight excluding hydrogens is 215 g/mol. The van der Waals surface area contributed by atoms with E-state index in [1.165, 1.54) is 23.9 Å². The summed E-state index contributed by atoms with van der Waals surface area (Å²) in [6.07, 6.45) is 3.94. The lowest BCUT2D eigenvalue weighted by atomic mass is 10.2. The first-order chi connectivity index (χ1) is 7.29. The molecule has 0 saturated heterocycles. The molecule has 1 N–H and O–H groups in total. The number of H-pyrrole nitrogens is 1. The molecule has 0 radical (unpaired) electrons. The predicted octanol–water partition coefficient (Wildman–Crippen LogP) is 2.51. The lowest BCUT2D eigenvalue weighted by Crippen LogP contribution is -1.87. The Bertz CT molecular complexity index is 470. The van der Waals surface area contributed by atoms with E-state index in [1.54, 1.807) is 18.5 Å². The number of nitrogens with zero attached hydrogens (tertiary/aromatic N) is 1. The number of aldehydes is 1. The van der Waals surface area contributed by atoms with E-state index in [-0.39, 0.29) is 0 Å². The molecule has 0 saturated carbocycles. The van der Waals surface area contributed by atoms with E-state index in [4.69, 9.17) is 0 Å². The van der Waals surface area contributed by atoms with E-state index in [0.717, 1.165) is 0 Å². The van der Waals surface area contributed by atoms with E-state index < -0.39 is 5.82 Å². The van der Waals surface area contributed by atoms with Crippen molar-refractivity contribution < 1.29 is 9.18 Å². The van der Waals surface area contributed by atoms with Crippen LogP contribution >= 0.6 is 11.8 Å². The van der Waals surface area contributed by atoms with E-state index in [0.29, 0.717) is 21.9 Å². The van der Waals surface area contributed by atoms with Gasteiger partial charge in [-0.25, -0.2) is 9.37 Å². The summed E-state index contributed by atoms with van der Waals surface area (Å²) in [5.41, 5.74) is 0.330. The van der Waals surface area contributed by atoms with Crippen LogP contribution in [-0.4, -0.2) is 16.3 Å². The summed E-state index contributed by atoms with van der Waals surface area (Å²) in [6.45, 7) is 0. The molecule has 0 aliphatic rings. The van der Waals surface area contributed by atoms with Gasteiger partial charge in [0.2, 0.25) is 0 Å². The summed E-state index contributed by atoms with van der Waals surface area (Å²) in [7, 11) is 0. The molecule has 0 spiro atoms. The molecule has 2 aromatic rings. The highest BCUT2D eigenvalue weighted by atomic mass is 32.2. The van der Waals surface area contributed by atoms with E-state index in [9.17, 15) is 9.18 Å². The summed E-state index contributed by atoms with van der Waals surface area (Å²) in [6, 6.07) is 4.09. The van der Waals surface area contributed by atoms with Gasteiger partial charge in [0.05, 0.1) is 0 Å². The van der Waals surface area contributed by atoms with Gasteiger partial charge in [-0.2, -0.15) is 0 Å². The second kappa shape index (κ2) is 4.27. The standard InChI is InChI=1S/C10H7FN2OS/c11-8-1-2-9(7(5-8)6-14)15-10-12-3-4-13-10/h1-6H,(H,12,13). The van der Waals surface area contributed by atoms with Crippen LogP contribution in [0.3, 0.4) is 0 Å². The van der Waals surface area contributed by atoms with Crippen LogP contribution < -0.4 is 0 Å². The first-order valence-electron chi connectivity index (χ1n) is 4.21. The quantitative estimate of drug-likeness (QED) is 0.811. The van der Waals surface area contributed by atoms with Crippen molar-refractivity contribution in [3.8, 4) is 0 Å². The first-order valence-corrected chi connectivity index (χ1v) is 5.03. The SMILES string of the molecule is O=Cc1cc(F)ccc1Sc1ncc[nH]1. The average Bonchev–Trinajstić information content (AvgIpc) is 2.73. The summed E-state index contributed by atoms with van der Waals surface area (Å²) >= 11 is 1.29. The van der Waals surface area contributed by atoms with Crippen molar-refractivity contribution in [1.29, 1.82) is 0 Å². The summed E-state index contributed by atoms with van der Waals surface area (Å²) in [5, 5.41) is 0.671. The molecule has 2 rings (SSSR count). The van der Waals surface area contributed by atoms with Crippen molar-refractivity contribution in [2.45, 2.75) is 10.1 Å². The Hall–Kier alpha value is -1.62. The van der Waals surface area contributed by atoms with Crippen LogP contribution in [-0.2, 0) is 0 Å². The molecule has 0 aliphatic carbocycles. The van der Waals surface area contributed by atoms with E-state index >= 15 is 0 Å². The second-order valence-corrected chi connectivity index (χ2v) is 3.83. The monoisotopic (exact) mass is 222 g/mol. The average molecular weight is 222 g/mol. The largest absolute Gasteiger partial charge is 0.339 e. The third-order valence-corrected chi connectivity index (χ3v) is 2.79. The maximum atomic E-state index is 12.8. The van der Waals surface area contributed by atoms with Gasteiger partial charge >= 0.3 is 0 Å². The lowest BCUT2D eigenvalue weighted by molar-refractivity contribution is 0.112. The van der Waals surface area contributed by atoms with Gasteiger partial charge in [0.25, 0.3) is 0 Å². The second-order valence-electron chi connectivity index (χ2n) is 2.80. The maximum absolute atomic E-state index is 12.8. The van der Waals surface area contributed by atoms with Crippen molar-refractivity contribution in [2.75, 3.05) is 0 Å². The summed E-state index contributed by atoms with van der Waals surface area (Å²) in [5.74, 6) is -0.416. The van der Waals surface area contributed by atoms with Gasteiger partial charge in [0.15, 0.2) is 11.4 Å². The van der Waals surface area contributed by atoms with Crippen LogP contribution in [0.1, 0.15) is 10.4 Å². The van der Waals surface area contributed by atoms with Gasteiger partial charge in [-0.1, -0.05) is 11.8 Å². The zero-order valence-corrected chi connectivity index (χ0v) is 8.42. The highest BCUT2D eigenvalue weighted by Gasteiger charge is 2.06. The van der Waals surface area contributed by atoms with Crippen LogP contribution in [0.15, 0.2) is 40.6 Å². The minimum Gasteiger partial charge on any atom is -0.339 e. The van der Waals surface area contributed by atoms with Crippen LogP contribution in [0.2, 0.25) is 0 Å². The van der Waals surface area contributed by atoms with Crippen LogP contribution in [0.5, 0.6) is 0 Å². The summed E-state index contributed by atoms with van der Waals surface area (Å²) < 4.78 is 12.8. The molecule has 5 heteroatoms. The zero-order chi connectivity index (χ0) is 10.7. The highest BCUT2D eigenvalue weighted by Crippen LogP contribution is 2.27. The Balaban J connectivity index is 2.32. The Labute approximate surface area is 89.7 Å². The molecule has 0 amide bonds. The van der Waals surface area contributed by atoms with E-state index in [2.05, 4.69) is 9.97 Å². The number of imidazole rings is 1. The highest BCUT2D eigenvalue weighted by molar-refractivity contribution is 7.99. The van der Waals surface area contributed by atoms with Crippen molar-refractivity contribution in [2.24, 2.45) is 0 Å². The van der Waals surface area contributed by atoms with Gasteiger partial charge in [-0.05, 0) is 18.2 Å². The minimum atomic E-state index is -0.416. The lowest BCUT2D eigenvalue weighted by Gasteiger charge is -2.01. The number of aromatic amines is 1. The maximum Gasteiger partial charge on any atom is 0.170 e. The van der Waals surface area contributed by atoms with Crippen molar-refractivity contribution in [3.05, 3.63) is 42.0 Å². The molecule has 0 atom stereocenters. The van der Waals surface area contributed by atoms with E-state index in [1.807, 2.05) is 0 Å². The number of hydrogen-bond donors (Lipinski definition) is 1. The first kappa shape index (κ1) is 9.92. The fourth-order valence-corrected chi connectivity index (χ4v) is 1.92. The number of carbonyl (C=O) groups is 1. The van der Waals surface area contributed by atoms with Gasteiger partial charge in [0.1, 0.15) is 5.82 Å². The third kappa shape index (κ3) is 2.24. The number of nitrogens with one attached hydrogen (secondary N) is 1. The predicted molar refractivity (Wildman–Crippen MR) is 54.5 cm³/mol. The minimum absolute atomic E-state index is 0.330. The molecular formula is C10H7FN2OS. The van der Waals surface area contributed by atoms with Gasteiger partial charge in [-0.3, -0.25) is 4.79 Å². The number of hydrogen-bond acceptors (Lipinski definition) is 3. The number of aromatic nitrogens is 2. The molecule has 76 valence electrons. The molecule has 0 fully saturated rings. The zero-order valence-electron chi connectivity index (χ0n) is 7.61. The molecule has 1 aromatic heterocycles. The Morgan fingerprint density at radius 3 is 3.00 bits per heavy atom.